The summed E-state index contributed by atoms with van der Waals surface area (Å²) in [5, 5.41) is 9.36. The van der Waals surface area contributed by atoms with Gasteiger partial charge in [0.15, 0.2) is 0 Å². The third-order valence-corrected chi connectivity index (χ3v) is 5.99. The van der Waals surface area contributed by atoms with Crippen molar-refractivity contribution in [3.8, 4) is 0 Å². The van der Waals surface area contributed by atoms with Gasteiger partial charge >= 0.3 is 0 Å². The molecule has 4 rings (SSSR count). The molecule has 1 fully saturated rings. The van der Waals surface area contributed by atoms with Crippen LogP contribution in [0.3, 0.4) is 0 Å². The number of carbonyl (C=O) groups is 1. The molecule has 0 aliphatic carbocycles. The summed E-state index contributed by atoms with van der Waals surface area (Å²) in [6, 6.07) is 9.68. The van der Waals surface area contributed by atoms with Gasteiger partial charge in [-0.1, -0.05) is 23.7 Å². The van der Waals surface area contributed by atoms with Crippen LogP contribution >= 0.6 is 22.9 Å². The van der Waals surface area contributed by atoms with Gasteiger partial charge in [0.25, 0.3) is 5.91 Å². The van der Waals surface area contributed by atoms with Crippen LogP contribution in [-0.4, -0.2) is 34.9 Å². The number of nitrogens with zero attached hydrogens (tertiary/aromatic N) is 2. The number of fused-ring (bicyclic) bond motifs is 1. The highest BCUT2D eigenvalue weighted by Gasteiger charge is 2.19. The molecular formula is C19H20ClN3O2S. The SMILES string of the molecule is Cc1nn(Cc2ccc(Cl)cc2)c2sc(C(=O)NC[C@H]3CCCO3)cc12. The van der Waals surface area contributed by atoms with Gasteiger partial charge in [-0.2, -0.15) is 5.10 Å². The van der Waals surface area contributed by atoms with Crippen molar-refractivity contribution in [1.82, 2.24) is 15.1 Å². The lowest BCUT2D eigenvalue weighted by Gasteiger charge is -2.09. The lowest BCUT2D eigenvalue weighted by Crippen LogP contribution is -2.31. The number of aryl methyl sites for hydroxylation is 1. The fourth-order valence-corrected chi connectivity index (χ4v) is 4.40. The van der Waals surface area contributed by atoms with Gasteiger partial charge in [-0.15, -0.1) is 11.3 Å². The summed E-state index contributed by atoms with van der Waals surface area (Å²) in [5.74, 6) is -0.0425. The molecule has 3 aromatic rings. The maximum absolute atomic E-state index is 12.5. The zero-order valence-electron chi connectivity index (χ0n) is 14.5. The summed E-state index contributed by atoms with van der Waals surface area (Å²) in [4.78, 5) is 14.2. The quantitative estimate of drug-likeness (QED) is 0.717. The first kappa shape index (κ1) is 17.5. The number of rotatable bonds is 5. The van der Waals surface area contributed by atoms with Crippen molar-refractivity contribution in [3.63, 3.8) is 0 Å². The van der Waals surface area contributed by atoms with E-state index in [1.54, 1.807) is 0 Å². The Kier molecular flexibility index (Phi) is 4.98. The average molecular weight is 390 g/mol. The second kappa shape index (κ2) is 7.39. The van der Waals surface area contributed by atoms with Crippen molar-refractivity contribution >= 4 is 39.1 Å². The molecule has 1 N–H and O–H groups in total. The lowest BCUT2D eigenvalue weighted by atomic mass is 10.2. The first-order valence-corrected chi connectivity index (χ1v) is 9.91. The highest BCUT2D eigenvalue weighted by Crippen LogP contribution is 2.29. The molecule has 0 spiro atoms. The van der Waals surface area contributed by atoms with Gasteiger partial charge in [-0.25, -0.2) is 0 Å². The van der Waals surface area contributed by atoms with E-state index in [0.29, 0.717) is 18.0 Å². The number of hydrogen-bond donors (Lipinski definition) is 1. The van der Waals surface area contributed by atoms with Crippen LogP contribution in [0.2, 0.25) is 5.02 Å². The van der Waals surface area contributed by atoms with E-state index in [4.69, 9.17) is 16.3 Å². The van der Waals surface area contributed by atoms with E-state index >= 15 is 0 Å². The second-order valence-corrected chi connectivity index (χ2v) is 8.01. The minimum Gasteiger partial charge on any atom is -0.376 e. The highest BCUT2D eigenvalue weighted by molar-refractivity contribution is 7.20. The molecule has 0 unspecified atom stereocenters. The predicted octanol–water partition coefficient (Wildman–Crippen LogP) is 4.02. The van der Waals surface area contributed by atoms with E-state index in [9.17, 15) is 4.79 Å². The van der Waals surface area contributed by atoms with Gasteiger partial charge in [0, 0.05) is 23.6 Å². The van der Waals surface area contributed by atoms with Gasteiger partial charge in [0.2, 0.25) is 0 Å². The number of ether oxygens (including phenoxy) is 1. The number of aromatic nitrogens is 2. The Hall–Kier alpha value is -1.89. The molecule has 7 heteroatoms. The fraction of sp³-hybridized carbons (Fsp3) is 0.368. The number of halogens is 1. The van der Waals surface area contributed by atoms with Crippen LogP contribution in [0.4, 0.5) is 0 Å². The van der Waals surface area contributed by atoms with Gasteiger partial charge in [-0.05, 0) is 43.5 Å². The van der Waals surface area contributed by atoms with Crippen LogP contribution in [0.5, 0.6) is 0 Å². The van der Waals surface area contributed by atoms with Gasteiger partial charge in [0.05, 0.1) is 23.2 Å². The molecule has 0 bridgehead atoms. The van der Waals surface area contributed by atoms with Crippen LogP contribution in [0.15, 0.2) is 30.3 Å². The molecule has 1 amide bonds. The predicted molar refractivity (Wildman–Crippen MR) is 104 cm³/mol. The number of hydrogen-bond acceptors (Lipinski definition) is 4. The molecule has 0 radical (unpaired) electrons. The molecule has 1 saturated heterocycles. The third-order valence-electron chi connectivity index (χ3n) is 4.59. The van der Waals surface area contributed by atoms with E-state index in [1.165, 1.54) is 11.3 Å². The van der Waals surface area contributed by atoms with Crippen molar-refractivity contribution in [1.29, 1.82) is 0 Å². The number of thiophene rings is 1. The number of nitrogens with one attached hydrogen (secondary N) is 1. The van der Waals surface area contributed by atoms with Gasteiger partial charge in [0.1, 0.15) is 4.83 Å². The molecule has 1 atom stereocenters. The monoisotopic (exact) mass is 389 g/mol. The minimum atomic E-state index is -0.0425. The van der Waals surface area contributed by atoms with Crippen LogP contribution < -0.4 is 5.32 Å². The van der Waals surface area contributed by atoms with E-state index < -0.39 is 0 Å². The molecular weight excluding hydrogens is 370 g/mol. The zero-order valence-corrected chi connectivity index (χ0v) is 16.1. The Balaban J connectivity index is 1.52. The van der Waals surface area contributed by atoms with E-state index in [2.05, 4.69) is 10.4 Å². The van der Waals surface area contributed by atoms with E-state index in [0.717, 1.165) is 45.9 Å². The number of carbonyl (C=O) groups excluding carboxylic acids is 1. The number of benzene rings is 1. The van der Waals surface area contributed by atoms with Crippen LogP contribution in [0.1, 0.15) is 33.8 Å². The molecule has 1 aliphatic rings. The van der Waals surface area contributed by atoms with E-state index in [-0.39, 0.29) is 12.0 Å². The van der Waals surface area contributed by atoms with E-state index in [1.807, 2.05) is 41.9 Å². The summed E-state index contributed by atoms with van der Waals surface area (Å²) in [7, 11) is 0. The Morgan fingerprint density at radius 2 is 2.23 bits per heavy atom. The zero-order chi connectivity index (χ0) is 18.1. The standard InChI is InChI=1S/C19H20ClN3O2S/c1-12-16-9-17(18(24)21-10-15-3-2-8-25-15)26-19(16)23(22-12)11-13-4-6-14(20)7-5-13/h4-7,9,15H,2-3,8,10-11H2,1H3,(H,21,24)/t15-/m1/s1. The molecule has 5 nitrogen and oxygen atoms in total. The third kappa shape index (κ3) is 3.63. The number of amides is 1. The smallest absolute Gasteiger partial charge is 0.261 e. The first-order chi connectivity index (χ1) is 12.6. The van der Waals surface area contributed by atoms with Gasteiger partial charge in [-0.3, -0.25) is 9.48 Å². The Bertz CT molecular complexity index is 926. The summed E-state index contributed by atoms with van der Waals surface area (Å²) < 4.78 is 7.52. The van der Waals surface area contributed by atoms with Gasteiger partial charge < -0.3 is 10.1 Å². The molecule has 136 valence electrons. The van der Waals surface area contributed by atoms with Crippen LogP contribution in [0, 0.1) is 6.92 Å². The van der Waals surface area contributed by atoms with Crippen molar-refractivity contribution in [2.45, 2.75) is 32.4 Å². The molecule has 0 saturated carbocycles. The summed E-state index contributed by atoms with van der Waals surface area (Å²) in [6.07, 6.45) is 2.24. The van der Waals surface area contributed by atoms with Crippen molar-refractivity contribution in [2.75, 3.05) is 13.2 Å². The maximum Gasteiger partial charge on any atom is 0.261 e. The normalized spacial score (nSPS) is 17.1. The first-order valence-electron chi connectivity index (χ1n) is 8.71. The molecule has 3 heterocycles. The van der Waals surface area contributed by atoms with Crippen molar-refractivity contribution < 1.29 is 9.53 Å². The second-order valence-electron chi connectivity index (χ2n) is 6.54. The summed E-state index contributed by atoms with van der Waals surface area (Å²) in [5.41, 5.74) is 2.06. The molecule has 1 aromatic carbocycles. The summed E-state index contributed by atoms with van der Waals surface area (Å²) in [6.45, 7) is 3.99. The Morgan fingerprint density at radius 3 is 2.96 bits per heavy atom. The Morgan fingerprint density at radius 1 is 1.42 bits per heavy atom. The maximum atomic E-state index is 12.5. The van der Waals surface area contributed by atoms with Crippen molar-refractivity contribution in [2.24, 2.45) is 0 Å². The Labute approximate surface area is 160 Å². The molecule has 1 aliphatic heterocycles. The van der Waals surface area contributed by atoms with Crippen LogP contribution in [0.25, 0.3) is 10.2 Å². The molecule has 2 aromatic heterocycles. The van der Waals surface area contributed by atoms with Crippen LogP contribution in [-0.2, 0) is 11.3 Å². The molecule has 26 heavy (non-hydrogen) atoms. The lowest BCUT2D eigenvalue weighted by molar-refractivity contribution is 0.0861. The van der Waals surface area contributed by atoms with Crippen molar-refractivity contribution in [3.05, 3.63) is 51.5 Å². The topological polar surface area (TPSA) is 56.2 Å². The highest BCUT2D eigenvalue weighted by atomic mass is 35.5. The fourth-order valence-electron chi connectivity index (χ4n) is 3.19. The largest absolute Gasteiger partial charge is 0.376 e. The average Bonchev–Trinajstić information content (AvgIpc) is 3.35. The minimum absolute atomic E-state index is 0.0425. The summed E-state index contributed by atoms with van der Waals surface area (Å²) >= 11 is 7.43.